The second-order valence-corrected chi connectivity index (χ2v) is 8.86. The summed E-state index contributed by atoms with van der Waals surface area (Å²) in [6.45, 7) is 4.01. The molecule has 11 heteroatoms. The Hall–Kier alpha value is -3.83. The number of carbonyl (C=O) groups is 1. The smallest absolute Gasteiger partial charge is 0.255 e. The lowest BCUT2D eigenvalue weighted by Crippen LogP contribution is -2.47. The molecular formula is C26H31N5O6. The summed E-state index contributed by atoms with van der Waals surface area (Å²) in [5, 5.41) is 11.4. The molecule has 2 unspecified atom stereocenters. The minimum Gasteiger partial charge on any atom is -0.497 e. The fourth-order valence-electron chi connectivity index (χ4n) is 4.45. The number of ether oxygens (including phenoxy) is 5. The molecular weight excluding hydrogens is 478 g/mol. The van der Waals surface area contributed by atoms with Crippen LogP contribution in [0.5, 0.6) is 23.0 Å². The molecule has 1 aromatic heterocycles. The van der Waals surface area contributed by atoms with Gasteiger partial charge in [-0.1, -0.05) is 17.3 Å². The lowest BCUT2D eigenvalue weighted by atomic mass is 10.1. The number of morpholine rings is 1. The third kappa shape index (κ3) is 5.95. The molecule has 1 fully saturated rings. The molecule has 0 spiro atoms. The summed E-state index contributed by atoms with van der Waals surface area (Å²) < 4.78 is 30.7. The maximum absolute atomic E-state index is 13.1. The first kappa shape index (κ1) is 24.8. The minimum atomic E-state index is -0.234. The molecule has 196 valence electrons. The van der Waals surface area contributed by atoms with Gasteiger partial charge < -0.3 is 29.0 Å². The Kier molecular flexibility index (Phi) is 7.71. The highest BCUT2D eigenvalue weighted by Crippen LogP contribution is 2.33. The molecule has 3 heterocycles. The largest absolute Gasteiger partial charge is 0.497 e. The Morgan fingerprint density at radius 2 is 2.00 bits per heavy atom. The van der Waals surface area contributed by atoms with Gasteiger partial charge in [0.2, 0.25) is 0 Å². The number of carbonyl (C=O) groups excluding carboxylic acids is 1. The van der Waals surface area contributed by atoms with Crippen LogP contribution in [0.2, 0.25) is 0 Å². The highest BCUT2D eigenvalue weighted by atomic mass is 16.5. The fourth-order valence-corrected chi connectivity index (χ4v) is 4.45. The van der Waals surface area contributed by atoms with E-state index in [9.17, 15) is 4.79 Å². The van der Waals surface area contributed by atoms with Crippen LogP contribution in [-0.2, 0) is 24.4 Å². The quantitative estimate of drug-likeness (QED) is 0.554. The van der Waals surface area contributed by atoms with Crippen LogP contribution in [0.4, 0.5) is 0 Å². The number of hydrogen-bond acceptors (Lipinski definition) is 9. The van der Waals surface area contributed by atoms with Gasteiger partial charge in [0.25, 0.3) is 5.91 Å². The standard InChI is InChI=1S/C26H31N5O6/c1-33-20-6-7-22-24(12-20)36-11-9-31-15-19(28-29-31)17-37-25-18(4-3-5-23(25)34-2)14-30-8-10-35-21(16-30)13-27-26(22)32/h3-7,12,15,21H,8-11,13-14,16-17H2,1-2H3,(H,27,32). The van der Waals surface area contributed by atoms with Crippen LogP contribution in [0, 0.1) is 0 Å². The summed E-state index contributed by atoms with van der Waals surface area (Å²) >= 11 is 0. The van der Waals surface area contributed by atoms with E-state index in [0.29, 0.717) is 67.0 Å². The van der Waals surface area contributed by atoms with E-state index in [4.69, 9.17) is 23.7 Å². The van der Waals surface area contributed by atoms with Crippen LogP contribution in [0.25, 0.3) is 0 Å². The van der Waals surface area contributed by atoms with Crippen molar-refractivity contribution < 1.29 is 28.5 Å². The minimum absolute atomic E-state index is 0.147. The maximum atomic E-state index is 13.1. The monoisotopic (exact) mass is 509 g/mol. The molecule has 3 aromatic rings. The summed E-state index contributed by atoms with van der Waals surface area (Å²) in [6, 6.07) is 11.0. The predicted octanol–water partition coefficient (Wildman–Crippen LogP) is 1.90. The van der Waals surface area contributed by atoms with Gasteiger partial charge in [-0.15, -0.1) is 5.10 Å². The van der Waals surface area contributed by atoms with Crippen LogP contribution in [0.3, 0.4) is 0 Å². The average Bonchev–Trinajstić information content (AvgIpc) is 3.38. The van der Waals surface area contributed by atoms with E-state index < -0.39 is 0 Å². The van der Waals surface area contributed by atoms with Crippen molar-refractivity contribution in [1.29, 1.82) is 0 Å². The maximum Gasteiger partial charge on any atom is 0.255 e. The summed E-state index contributed by atoms with van der Waals surface area (Å²) in [5.74, 6) is 2.15. The molecule has 1 amide bonds. The van der Waals surface area contributed by atoms with Gasteiger partial charge in [-0.25, -0.2) is 4.68 Å². The molecule has 5 rings (SSSR count). The zero-order valence-corrected chi connectivity index (χ0v) is 21.0. The molecule has 11 nitrogen and oxygen atoms in total. The molecule has 1 saturated heterocycles. The number of amides is 1. The van der Waals surface area contributed by atoms with Gasteiger partial charge in [-0.3, -0.25) is 9.69 Å². The number of rotatable bonds is 2. The third-order valence-electron chi connectivity index (χ3n) is 6.35. The first-order valence-electron chi connectivity index (χ1n) is 12.2. The predicted molar refractivity (Wildman–Crippen MR) is 133 cm³/mol. The molecule has 1 N–H and O–H groups in total. The van der Waals surface area contributed by atoms with E-state index >= 15 is 0 Å². The Bertz CT molecular complexity index is 1230. The SMILES string of the molecule is COc1ccc2c(c1)OCCn1cc(nn1)COc1c(cccc1OC)CN1CCOC(CNC2=O)C1. The molecule has 2 aromatic carbocycles. The molecule has 2 aliphatic heterocycles. The van der Waals surface area contributed by atoms with Crippen LogP contribution < -0.4 is 24.3 Å². The first-order chi connectivity index (χ1) is 18.1. The van der Waals surface area contributed by atoms with Crippen molar-refractivity contribution in [3.63, 3.8) is 0 Å². The summed E-state index contributed by atoms with van der Waals surface area (Å²) in [4.78, 5) is 15.4. The van der Waals surface area contributed by atoms with Crippen molar-refractivity contribution in [2.75, 3.05) is 47.1 Å². The lowest BCUT2D eigenvalue weighted by molar-refractivity contribution is -0.0295. The van der Waals surface area contributed by atoms with Gasteiger partial charge in [0, 0.05) is 37.8 Å². The van der Waals surface area contributed by atoms with E-state index in [-0.39, 0.29) is 25.2 Å². The van der Waals surface area contributed by atoms with E-state index in [1.807, 2.05) is 24.4 Å². The number of aromatic nitrogens is 3. The highest BCUT2D eigenvalue weighted by Gasteiger charge is 2.24. The zero-order chi connectivity index (χ0) is 25.6. The van der Waals surface area contributed by atoms with Crippen molar-refractivity contribution in [2.45, 2.75) is 25.8 Å². The van der Waals surface area contributed by atoms with Crippen molar-refractivity contribution in [3.8, 4) is 23.0 Å². The summed E-state index contributed by atoms with van der Waals surface area (Å²) in [5.41, 5.74) is 2.12. The number of nitrogens with zero attached hydrogens (tertiary/aromatic N) is 4. The average molecular weight is 510 g/mol. The van der Waals surface area contributed by atoms with Crippen molar-refractivity contribution in [2.24, 2.45) is 0 Å². The van der Waals surface area contributed by atoms with Gasteiger partial charge in [0.1, 0.15) is 30.4 Å². The molecule has 4 bridgehead atoms. The van der Waals surface area contributed by atoms with Crippen LogP contribution in [-0.4, -0.2) is 79.0 Å². The zero-order valence-electron chi connectivity index (χ0n) is 21.0. The highest BCUT2D eigenvalue weighted by molar-refractivity contribution is 5.97. The third-order valence-corrected chi connectivity index (χ3v) is 6.35. The number of hydrogen-bond donors (Lipinski definition) is 1. The van der Waals surface area contributed by atoms with E-state index in [0.717, 1.165) is 12.1 Å². The number of para-hydroxylation sites is 1. The Labute approximate surface area is 215 Å². The van der Waals surface area contributed by atoms with Gasteiger partial charge >= 0.3 is 0 Å². The van der Waals surface area contributed by atoms with E-state index in [1.165, 1.54) is 0 Å². The molecule has 0 radical (unpaired) electrons. The molecule has 0 saturated carbocycles. The second kappa shape index (κ2) is 11.5. The Morgan fingerprint density at radius 1 is 1.08 bits per heavy atom. The van der Waals surface area contributed by atoms with Crippen molar-refractivity contribution in [1.82, 2.24) is 25.2 Å². The molecule has 0 aliphatic carbocycles. The number of methoxy groups -OCH3 is 2. The molecule has 2 aliphatic rings. The molecule has 37 heavy (non-hydrogen) atoms. The molecule has 2 atom stereocenters. The number of fused-ring (bicyclic) bond motifs is 6. The van der Waals surface area contributed by atoms with Crippen molar-refractivity contribution in [3.05, 3.63) is 59.4 Å². The second-order valence-electron chi connectivity index (χ2n) is 8.86. The van der Waals surface area contributed by atoms with Crippen LogP contribution >= 0.6 is 0 Å². The van der Waals surface area contributed by atoms with Gasteiger partial charge in [-0.05, 0) is 18.2 Å². The Balaban J connectivity index is 1.42. The fraction of sp³-hybridized carbons (Fsp3) is 0.423. The summed E-state index contributed by atoms with van der Waals surface area (Å²) in [6.07, 6.45) is 1.67. The van der Waals surface area contributed by atoms with Crippen LogP contribution in [0.15, 0.2) is 42.6 Å². The van der Waals surface area contributed by atoms with Gasteiger partial charge in [-0.2, -0.15) is 0 Å². The Morgan fingerprint density at radius 3 is 2.86 bits per heavy atom. The topological polar surface area (TPSA) is 109 Å². The number of benzene rings is 2. The normalized spacial score (nSPS) is 20.4. The van der Waals surface area contributed by atoms with Gasteiger partial charge in [0.05, 0.1) is 45.2 Å². The van der Waals surface area contributed by atoms with Gasteiger partial charge in [0.15, 0.2) is 11.5 Å². The first-order valence-corrected chi connectivity index (χ1v) is 12.2. The van der Waals surface area contributed by atoms with E-state index in [2.05, 4.69) is 20.5 Å². The lowest BCUT2D eigenvalue weighted by Gasteiger charge is -2.33. The van der Waals surface area contributed by atoms with Crippen LogP contribution in [0.1, 0.15) is 21.6 Å². The number of nitrogens with one attached hydrogen (secondary N) is 1. The van der Waals surface area contributed by atoms with E-state index in [1.54, 1.807) is 37.1 Å². The summed E-state index contributed by atoms with van der Waals surface area (Å²) in [7, 11) is 3.20. The van der Waals surface area contributed by atoms with Crippen molar-refractivity contribution >= 4 is 5.91 Å².